The fourth-order valence-electron chi connectivity index (χ4n) is 1.60. The Kier molecular flexibility index (Phi) is 5.61. The van der Waals surface area contributed by atoms with Crippen molar-refractivity contribution < 1.29 is 9.53 Å². The highest BCUT2D eigenvalue weighted by Gasteiger charge is 2.09. The molecule has 0 atom stereocenters. The van der Waals surface area contributed by atoms with Gasteiger partial charge in [0.15, 0.2) is 5.78 Å². The second-order valence-electron chi connectivity index (χ2n) is 3.96. The van der Waals surface area contributed by atoms with Crippen molar-refractivity contribution in [2.45, 2.75) is 11.9 Å². The Hall–Kier alpha value is -1.33. The van der Waals surface area contributed by atoms with Gasteiger partial charge in [0.25, 0.3) is 0 Å². The number of hydrogen-bond donors (Lipinski definition) is 0. The van der Waals surface area contributed by atoms with Crippen molar-refractivity contribution in [2.24, 2.45) is 0 Å². The predicted molar refractivity (Wildman–Crippen MR) is 84.6 cm³/mol. The smallest absolute Gasteiger partial charge is 0.173 e. The molecule has 0 N–H and O–H groups in total. The highest BCUT2D eigenvalue weighted by atomic mass is 79.9. The number of hydrogen-bond acceptors (Lipinski definition) is 4. The van der Waals surface area contributed by atoms with Crippen LogP contribution in [0.3, 0.4) is 0 Å². The monoisotopic (exact) mass is 351 g/mol. The normalized spacial score (nSPS) is 10.3. The molecule has 2 rings (SSSR count). The Balaban J connectivity index is 1.96. The van der Waals surface area contributed by atoms with Crippen LogP contribution in [0.2, 0.25) is 0 Å². The van der Waals surface area contributed by atoms with Gasteiger partial charge in [0.2, 0.25) is 0 Å². The van der Waals surface area contributed by atoms with E-state index in [2.05, 4.69) is 20.9 Å². The summed E-state index contributed by atoms with van der Waals surface area (Å²) >= 11 is 4.84. The Bertz CT molecular complexity index is 587. The van der Waals surface area contributed by atoms with Crippen molar-refractivity contribution in [3.8, 4) is 5.75 Å². The zero-order valence-corrected chi connectivity index (χ0v) is 13.4. The van der Waals surface area contributed by atoms with Crippen molar-refractivity contribution in [2.75, 3.05) is 12.4 Å². The van der Waals surface area contributed by atoms with Gasteiger partial charge < -0.3 is 4.74 Å². The number of Topliss-reactive ketones (excluding diaryl/α,β-unsaturated/α-hetero) is 1. The number of benzene rings is 1. The molecule has 0 radical (unpaired) electrons. The summed E-state index contributed by atoms with van der Waals surface area (Å²) in [4.78, 5) is 16.3. The number of nitrogens with zero attached hydrogens (tertiary/aromatic N) is 1. The Labute approximate surface area is 130 Å². The van der Waals surface area contributed by atoms with Gasteiger partial charge in [-0.25, -0.2) is 4.98 Å². The summed E-state index contributed by atoms with van der Waals surface area (Å²) in [5.74, 6) is 1.23. The van der Waals surface area contributed by atoms with Gasteiger partial charge in [0, 0.05) is 16.2 Å². The van der Waals surface area contributed by atoms with E-state index in [4.69, 9.17) is 4.74 Å². The fourth-order valence-corrected chi connectivity index (χ4v) is 2.97. The van der Waals surface area contributed by atoms with Crippen molar-refractivity contribution in [3.05, 3.63) is 52.6 Å². The summed E-state index contributed by atoms with van der Waals surface area (Å²) in [5, 5.41) is 0.826. The molecule has 0 fully saturated rings. The number of carbonyl (C=O) groups excluding carboxylic acids is 1. The highest BCUT2D eigenvalue weighted by molar-refractivity contribution is 9.10. The van der Waals surface area contributed by atoms with E-state index in [1.54, 1.807) is 18.3 Å². The number of carbonyl (C=O) groups is 1. The van der Waals surface area contributed by atoms with Crippen molar-refractivity contribution in [1.29, 1.82) is 0 Å². The van der Waals surface area contributed by atoms with Crippen LogP contribution in [0, 0.1) is 0 Å². The molecule has 0 bridgehead atoms. The second-order valence-corrected chi connectivity index (χ2v) is 5.78. The second kappa shape index (κ2) is 7.45. The van der Waals surface area contributed by atoms with Gasteiger partial charge in [-0.3, -0.25) is 4.79 Å². The molecule has 3 nitrogen and oxygen atoms in total. The SMILES string of the molecule is CCOc1ccc(C(=O)CSc2ncccc2Br)cc1. The van der Waals surface area contributed by atoms with E-state index >= 15 is 0 Å². The summed E-state index contributed by atoms with van der Waals surface area (Å²) in [7, 11) is 0. The number of aromatic nitrogens is 1. The average Bonchev–Trinajstić information content (AvgIpc) is 2.47. The first kappa shape index (κ1) is 15.1. The van der Waals surface area contributed by atoms with Gasteiger partial charge in [-0.2, -0.15) is 0 Å². The molecule has 104 valence electrons. The molecular weight excluding hydrogens is 338 g/mol. The average molecular weight is 352 g/mol. The number of ketones is 1. The van der Waals surface area contributed by atoms with Crippen LogP contribution in [0.1, 0.15) is 17.3 Å². The topological polar surface area (TPSA) is 39.2 Å². The van der Waals surface area contributed by atoms with Crippen LogP contribution in [-0.4, -0.2) is 23.1 Å². The molecule has 5 heteroatoms. The molecule has 0 aliphatic rings. The molecule has 0 aliphatic carbocycles. The molecule has 1 aromatic heterocycles. The lowest BCUT2D eigenvalue weighted by atomic mass is 10.1. The number of thioether (sulfide) groups is 1. The molecule has 1 aromatic carbocycles. The molecule has 0 saturated carbocycles. The van der Waals surface area contributed by atoms with Crippen molar-refractivity contribution in [3.63, 3.8) is 0 Å². The van der Waals surface area contributed by atoms with Crippen LogP contribution in [-0.2, 0) is 0 Å². The van der Waals surface area contributed by atoms with E-state index in [1.807, 2.05) is 31.2 Å². The van der Waals surface area contributed by atoms with E-state index in [-0.39, 0.29) is 5.78 Å². The standard InChI is InChI=1S/C15H14BrNO2S/c1-2-19-12-7-5-11(6-8-12)14(18)10-20-15-13(16)4-3-9-17-15/h3-9H,2,10H2,1H3. The van der Waals surface area contributed by atoms with E-state index < -0.39 is 0 Å². The summed E-state index contributed by atoms with van der Waals surface area (Å²) < 4.78 is 6.26. The van der Waals surface area contributed by atoms with Gasteiger partial charge in [-0.1, -0.05) is 11.8 Å². The first-order valence-electron chi connectivity index (χ1n) is 6.20. The van der Waals surface area contributed by atoms with E-state index in [9.17, 15) is 4.79 Å². The predicted octanol–water partition coefficient (Wildman–Crippen LogP) is 4.22. The summed E-state index contributed by atoms with van der Waals surface area (Å²) in [6, 6.07) is 11.0. The maximum Gasteiger partial charge on any atom is 0.173 e. The Morgan fingerprint density at radius 1 is 1.30 bits per heavy atom. The zero-order chi connectivity index (χ0) is 14.4. The van der Waals surface area contributed by atoms with Gasteiger partial charge in [0.05, 0.1) is 12.4 Å². The van der Waals surface area contributed by atoms with Gasteiger partial charge >= 0.3 is 0 Å². The quantitative estimate of drug-likeness (QED) is 0.577. The Morgan fingerprint density at radius 3 is 2.70 bits per heavy atom. The number of ether oxygens (including phenoxy) is 1. The summed E-state index contributed by atoms with van der Waals surface area (Å²) in [6.07, 6.45) is 1.72. The highest BCUT2D eigenvalue weighted by Crippen LogP contribution is 2.25. The minimum Gasteiger partial charge on any atom is -0.494 e. The molecule has 1 heterocycles. The minimum atomic E-state index is 0.0793. The molecule has 0 aliphatic heterocycles. The molecule has 0 amide bonds. The fraction of sp³-hybridized carbons (Fsp3) is 0.200. The first-order chi connectivity index (χ1) is 9.70. The summed E-state index contributed by atoms with van der Waals surface area (Å²) in [5.41, 5.74) is 0.688. The third kappa shape index (κ3) is 4.08. The van der Waals surface area contributed by atoms with Crippen molar-refractivity contribution >= 4 is 33.5 Å². The molecule has 0 spiro atoms. The lowest BCUT2D eigenvalue weighted by molar-refractivity contribution is 0.102. The number of rotatable bonds is 6. The molecule has 0 unspecified atom stereocenters. The molecule has 2 aromatic rings. The third-order valence-corrected chi connectivity index (χ3v) is 4.46. The zero-order valence-electron chi connectivity index (χ0n) is 11.0. The maximum atomic E-state index is 12.1. The Morgan fingerprint density at radius 2 is 2.05 bits per heavy atom. The number of pyridine rings is 1. The van der Waals surface area contributed by atoms with E-state index in [0.29, 0.717) is 17.9 Å². The van der Waals surface area contributed by atoms with Gasteiger partial charge in [-0.15, -0.1) is 0 Å². The molecule has 0 saturated heterocycles. The van der Waals surface area contributed by atoms with Gasteiger partial charge in [-0.05, 0) is 59.3 Å². The van der Waals surface area contributed by atoms with Crippen LogP contribution >= 0.6 is 27.7 Å². The third-order valence-electron chi connectivity index (χ3n) is 2.55. The lowest BCUT2D eigenvalue weighted by Gasteiger charge is -2.05. The maximum absolute atomic E-state index is 12.1. The van der Waals surface area contributed by atoms with E-state index in [1.165, 1.54) is 11.8 Å². The van der Waals surface area contributed by atoms with Gasteiger partial charge in [0.1, 0.15) is 10.8 Å². The van der Waals surface area contributed by atoms with E-state index in [0.717, 1.165) is 15.2 Å². The van der Waals surface area contributed by atoms with Crippen molar-refractivity contribution in [1.82, 2.24) is 4.98 Å². The van der Waals surface area contributed by atoms with Crippen LogP contribution in [0.5, 0.6) is 5.75 Å². The first-order valence-corrected chi connectivity index (χ1v) is 7.98. The van der Waals surface area contributed by atoms with Crippen LogP contribution in [0.25, 0.3) is 0 Å². The lowest BCUT2D eigenvalue weighted by Crippen LogP contribution is -2.03. The van der Waals surface area contributed by atoms with Crippen LogP contribution in [0.4, 0.5) is 0 Å². The van der Waals surface area contributed by atoms with Crippen LogP contribution < -0.4 is 4.74 Å². The number of halogens is 1. The minimum absolute atomic E-state index is 0.0793. The largest absolute Gasteiger partial charge is 0.494 e. The van der Waals surface area contributed by atoms with Crippen LogP contribution in [0.15, 0.2) is 52.1 Å². The summed E-state index contributed by atoms with van der Waals surface area (Å²) in [6.45, 7) is 2.55. The molecule has 20 heavy (non-hydrogen) atoms. The molecular formula is C15H14BrNO2S.